The van der Waals surface area contributed by atoms with Crippen LogP contribution in [0, 0.1) is 5.92 Å². The molecule has 1 unspecified atom stereocenters. The molecule has 158 valence electrons. The van der Waals surface area contributed by atoms with Crippen molar-refractivity contribution in [3.8, 4) is 0 Å². The molecule has 1 atom stereocenters. The number of rotatable bonds is 8. The number of nitrogens with zero attached hydrogens (tertiary/aromatic N) is 2. The Kier molecular flexibility index (Phi) is 7.15. The van der Waals surface area contributed by atoms with Gasteiger partial charge in [-0.15, -0.1) is 0 Å². The Balaban J connectivity index is 1.95. The van der Waals surface area contributed by atoms with E-state index in [1.165, 1.54) is 22.4 Å². The molecule has 0 aliphatic heterocycles. The second-order valence-corrected chi connectivity index (χ2v) is 8.87. The standard InChI is InChI=1S/C27H35N3/c1-19(2)24-13-10-14-25(20(3)4)27(24)29-28-26(22-11-8-7-9-12-22)18-21-15-16-23(17-21)30(5)6/h7-17,19-21,29H,18H2,1-6H3. The zero-order chi connectivity index (χ0) is 21.7. The lowest BCUT2D eigenvalue weighted by molar-refractivity contribution is 0.529. The van der Waals surface area contributed by atoms with Crippen LogP contribution in [-0.2, 0) is 0 Å². The molecule has 3 heteroatoms. The Hall–Kier alpha value is -2.81. The third-order valence-electron chi connectivity index (χ3n) is 5.63. The summed E-state index contributed by atoms with van der Waals surface area (Å²) in [5.41, 5.74) is 10.8. The van der Waals surface area contributed by atoms with Crippen LogP contribution in [0.5, 0.6) is 0 Å². The summed E-state index contributed by atoms with van der Waals surface area (Å²) in [6.45, 7) is 8.96. The first-order valence-corrected chi connectivity index (χ1v) is 10.9. The van der Waals surface area contributed by atoms with E-state index in [1.807, 2.05) is 0 Å². The molecule has 30 heavy (non-hydrogen) atoms. The predicted octanol–water partition coefficient (Wildman–Crippen LogP) is 6.77. The van der Waals surface area contributed by atoms with Crippen LogP contribution in [0.2, 0.25) is 0 Å². The lowest BCUT2D eigenvalue weighted by Crippen LogP contribution is -2.11. The fourth-order valence-electron chi connectivity index (χ4n) is 3.86. The van der Waals surface area contributed by atoms with Crippen molar-refractivity contribution in [3.05, 3.63) is 89.1 Å². The highest BCUT2D eigenvalue weighted by Gasteiger charge is 2.17. The number of para-hydroxylation sites is 1. The largest absolute Gasteiger partial charge is 0.378 e. The molecule has 3 rings (SSSR count). The van der Waals surface area contributed by atoms with Gasteiger partial charge in [0.15, 0.2) is 0 Å². The van der Waals surface area contributed by atoms with Crippen LogP contribution in [0.3, 0.4) is 0 Å². The lowest BCUT2D eigenvalue weighted by atomic mass is 9.93. The third kappa shape index (κ3) is 5.21. The number of nitrogens with one attached hydrogen (secondary N) is 1. The van der Waals surface area contributed by atoms with E-state index in [1.54, 1.807) is 0 Å². The summed E-state index contributed by atoms with van der Waals surface area (Å²) in [6.07, 6.45) is 7.66. The van der Waals surface area contributed by atoms with Gasteiger partial charge in [-0.25, -0.2) is 0 Å². The van der Waals surface area contributed by atoms with Crippen molar-refractivity contribution < 1.29 is 0 Å². The lowest BCUT2D eigenvalue weighted by Gasteiger charge is -2.20. The first kappa shape index (κ1) is 21.9. The van der Waals surface area contributed by atoms with Gasteiger partial charge in [0, 0.05) is 32.1 Å². The number of likely N-dealkylation sites (N-methyl/N-ethyl adjacent to an activating group) is 1. The topological polar surface area (TPSA) is 27.6 Å². The fraction of sp³-hybridized carbons (Fsp3) is 0.370. The average Bonchev–Trinajstić information content (AvgIpc) is 3.20. The van der Waals surface area contributed by atoms with Crippen molar-refractivity contribution in [1.29, 1.82) is 0 Å². The van der Waals surface area contributed by atoms with E-state index in [-0.39, 0.29) is 0 Å². The van der Waals surface area contributed by atoms with E-state index in [2.05, 4.69) is 119 Å². The zero-order valence-corrected chi connectivity index (χ0v) is 19.2. The number of hydrogen-bond donors (Lipinski definition) is 1. The second-order valence-electron chi connectivity index (χ2n) is 8.87. The molecule has 0 bridgehead atoms. The van der Waals surface area contributed by atoms with Crippen molar-refractivity contribution in [2.24, 2.45) is 11.0 Å². The molecule has 1 aliphatic carbocycles. The molecule has 1 aliphatic rings. The van der Waals surface area contributed by atoms with Gasteiger partial charge in [-0.05, 0) is 34.6 Å². The average molecular weight is 402 g/mol. The molecule has 1 N–H and O–H groups in total. The summed E-state index contributed by atoms with van der Waals surface area (Å²) in [4.78, 5) is 2.15. The van der Waals surface area contributed by atoms with Gasteiger partial charge >= 0.3 is 0 Å². The van der Waals surface area contributed by atoms with E-state index in [9.17, 15) is 0 Å². The highest BCUT2D eigenvalue weighted by atomic mass is 15.3. The Morgan fingerprint density at radius 3 is 2.10 bits per heavy atom. The Morgan fingerprint density at radius 2 is 1.57 bits per heavy atom. The normalized spacial score (nSPS) is 16.3. The van der Waals surface area contributed by atoms with Crippen molar-refractivity contribution in [1.82, 2.24) is 4.90 Å². The number of anilines is 1. The molecule has 2 aromatic rings. The summed E-state index contributed by atoms with van der Waals surface area (Å²) in [6, 6.07) is 17.1. The van der Waals surface area contributed by atoms with Crippen LogP contribution in [0.15, 0.2) is 77.6 Å². The maximum absolute atomic E-state index is 4.97. The first-order chi connectivity index (χ1) is 14.4. The summed E-state index contributed by atoms with van der Waals surface area (Å²) in [5.74, 6) is 1.22. The van der Waals surface area contributed by atoms with Crippen LogP contribution in [-0.4, -0.2) is 24.7 Å². The van der Waals surface area contributed by atoms with Gasteiger partial charge in [-0.3, -0.25) is 5.43 Å². The highest BCUT2D eigenvalue weighted by Crippen LogP contribution is 2.32. The molecular weight excluding hydrogens is 366 g/mol. The van der Waals surface area contributed by atoms with Crippen molar-refractivity contribution in [2.75, 3.05) is 19.5 Å². The van der Waals surface area contributed by atoms with Gasteiger partial charge in [-0.2, -0.15) is 5.10 Å². The molecule has 0 spiro atoms. The molecule has 0 amide bonds. The minimum Gasteiger partial charge on any atom is -0.378 e. The van der Waals surface area contributed by atoms with Crippen LogP contribution in [0.4, 0.5) is 5.69 Å². The minimum absolute atomic E-state index is 0.355. The number of hydrazone groups is 1. The Labute approximate surface area is 182 Å². The zero-order valence-electron chi connectivity index (χ0n) is 19.2. The molecular formula is C27H35N3. The smallest absolute Gasteiger partial charge is 0.0688 e. The van der Waals surface area contributed by atoms with E-state index in [4.69, 9.17) is 5.10 Å². The van der Waals surface area contributed by atoms with Crippen LogP contribution in [0.1, 0.15) is 62.6 Å². The van der Waals surface area contributed by atoms with Gasteiger partial charge in [-0.1, -0.05) is 88.4 Å². The van der Waals surface area contributed by atoms with Gasteiger partial charge < -0.3 is 4.90 Å². The van der Waals surface area contributed by atoms with Gasteiger partial charge in [0.25, 0.3) is 0 Å². The van der Waals surface area contributed by atoms with E-state index < -0.39 is 0 Å². The third-order valence-corrected chi connectivity index (χ3v) is 5.63. The Morgan fingerprint density at radius 1 is 0.933 bits per heavy atom. The first-order valence-electron chi connectivity index (χ1n) is 10.9. The minimum atomic E-state index is 0.355. The van der Waals surface area contributed by atoms with E-state index in [0.717, 1.165) is 17.8 Å². The van der Waals surface area contributed by atoms with Crippen LogP contribution in [0.25, 0.3) is 0 Å². The van der Waals surface area contributed by atoms with Gasteiger partial charge in [0.2, 0.25) is 0 Å². The molecule has 0 radical (unpaired) electrons. The summed E-state index contributed by atoms with van der Waals surface area (Å²) >= 11 is 0. The van der Waals surface area contributed by atoms with Crippen LogP contribution >= 0.6 is 0 Å². The molecule has 0 heterocycles. The number of hydrogen-bond acceptors (Lipinski definition) is 3. The van der Waals surface area contributed by atoms with Gasteiger partial charge in [0.1, 0.15) is 0 Å². The SMILES string of the molecule is CC(C)c1cccc(C(C)C)c1NN=C(CC1C=CC(N(C)C)=C1)c1ccccc1. The summed E-state index contributed by atoms with van der Waals surface area (Å²) in [5, 5.41) is 4.97. The molecule has 0 saturated carbocycles. The quantitative estimate of drug-likeness (QED) is 0.390. The monoisotopic (exact) mass is 401 g/mol. The highest BCUT2D eigenvalue weighted by molar-refractivity contribution is 6.01. The maximum atomic E-state index is 4.97. The molecule has 0 aromatic heterocycles. The second kappa shape index (κ2) is 9.80. The van der Waals surface area contributed by atoms with Crippen molar-refractivity contribution in [3.63, 3.8) is 0 Å². The molecule has 0 fully saturated rings. The number of benzene rings is 2. The van der Waals surface area contributed by atoms with Crippen molar-refractivity contribution >= 4 is 11.4 Å². The predicted molar refractivity (Wildman–Crippen MR) is 130 cm³/mol. The molecule has 2 aromatic carbocycles. The molecule has 0 saturated heterocycles. The summed E-state index contributed by atoms with van der Waals surface area (Å²) in [7, 11) is 4.17. The maximum Gasteiger partial charge on any atom is 0.0688 e. The molecule has 3 nitrogen and oxygen atoms in total. The van der Waals surface area contributed by atoms with Gasteiger partial charge in [0.05, 0.1) is 11.4 Å². The van der Waals surface area contributed by atoms with Crippen molar-refractivity contribution in [2.45, 2.75) is 46.0 Å². The fourth-order valence-corrected chi connectivity index (χ4v) is 3.86. The Bertz CT molecular complexity index is 908. The number of allylic oxidation sites excluding steroid dienone is 3. The van der Waals surface area contributed by atoms with E-state index >= 15 is 0 Å². The van der Waals surface area contributed by atoms with E-state index in [0.29, 0.717) is 17.8 Å². The summed E-state index contributed by atoms with van der Waals surface area (Å²) < 4.78 is 0. The van der Waals surface area contributed by atoms with Crippen LogP contribution < -0.4 is 5.43 Å².